The standard InChI is InChI=1S/C14H18N4O/c1-10(9-18-12(3)11(2)16-17-18)14(19)15-13-7-5-4-6-8-13/h4-8,10H,9H2,1-3H3,(H,15,19)/t10-/m1/s1. The van der Waals surface area contributed by atoms with E-state index in [0.29, 0.717) is 6.54 Å². The number of aryl methyl sites for hydroxylation is 1. The molecule has 0 aliphatic rings. The first-order valence-corrected chi connectivity index (χ1v) is 6.30. The van der Waals surface area contributed by atoms with Crippen molar-refractivity contribution in [1.82, 2.24) is 15.0 Å². The lowest BCUT2D eigenvalue weighted by Gasteiger charge is -2.12. The summed E-state index contributed by atoms with van der Waals surface area (Å²) in [5.74, 6) is -0.182. The van der Waals surface area contributed by atoms with Gasteiger partial charge in [0.25, 0.3) is 0 Å². The van der Waals surface area contributed by atoms with Gasteiger partial charge in [0.15, 0.2) is 0 Å². The zero-order valence-corrected chi connectivity index (χ0v) is 11.4. The fourth-order valence-corrected chi connectivity index (χ4v) is 1.75. The van der Waals surface area contributed by atoms with Crippen molar-refractivity contribution in [1.29, 1.82) is 0 Å². The minimum Gasteiger partial charge on any atom is -0.326 e. The monoisotopic (exact) mass is 258 g/mol. The van der Waals surface area contributed by atoms with Gasteiger partial charge in [-0.25, -0.2) is 4.68 Å². The second kappa shape index (κ2) is 5.65. The zero-order chi connectivity index (χ0) is 13.8. The Labute approximate surface area is 112 Å². The highest BCUT2D eigenvalue weighted by molar-refractivity contribution is 5.92. The van der Waals surface area contributed by atoms with E-state index in [-0.39, 0.29) is 11.8 Å². The van der Waals surface area contributed by atoms with E-state index in [9.17, 15) is 4.79 Å². The molecule has 0 radical (unpaired) electrons. The molecule has 5 nitrogen and oxygen atoms in total. The summed E-state index contributed by atoms with van der Waals surface area (Å²) in [6.45, 7) is 6.28. The first-order chi connectivity index (χ1) is 9.08. The second-order valence-corrected chi connectivity index (χ2v) is 4.70. The number of aromatic nitrogens is 3. The number of benzene rings is 1. The van der Waals surface area contributed by atoms with Gasteiger partial charge in [-0.1, -0.05) is 30.3 Å². The summed E-state index contributed by atoms with van der Waals surface area (Å²) in [5, 5.41) is 10.9. The summed E-state index contributed by atoms with van der Waals surface area (Å²) < 4.78 is 1.77. The van der Waals surface area contributed by atoms with E-state index in [4.69, 9.17) is 0 Å². The van der Waals surface area contributed by atoms with E-state index >= 15 is 0 Å². The van der Waals surface area contributed by atoms with Gasteiger partial charge in [-0.2, -0.15) is 0 Å². The van der Waals surface area contributed by atoms with Gasteiger partial charge in [0.05, 0.1) is 23.9 Å². The molecular weight excluding hydrogens is 240 g/mol. The van der Waals surface area contributed by atoms with Crippen LogP contribution in [0.15, 0.2) is 30.3 Å². The molecule has 0 saturated heterocycles. The Bertz CT molecular complexity index is 562. The van der Waals surface area contributed by atoms with Crippen LogP contribution in [0.25, 0.3) is 0 Å². The van der Waals surface area contributed by atoms with Crippen LogP contribution in [-0.4, -0.2) is 20.9 Å². The lowest BCUT2D eigenvalue weighted by atomic mass is 10.1. The molecule has 5 heteroatoms. The number of para-hydroxylation sites is 1. The third kappa shape index (κ3) is 3.19. The van der Waals surface area contributed by atoms with Crippen molar-refractivity contribution in [3.63, 3.8) is 0 Å². The van der Waals surface area contributed by atoms with Gasteiger partial charge < -0.3 is 5.32 Å². The van der Waals surface area contributed by atoms with E-state index in [2.05, 4.69) is 15.6 Å². The Kier molecular flexibility index (Phi) is 3.94. The summed E-state index contributed by atoms with van der Waals surface area (Å²) >= 11 is 0. The highest BCUT2D eigenvalue weighted by Gasteiger charge is 2.16. The number of carbonyl (C=O) groups is 1. The van der Waals surface area contributed by atoms with Crippen LogP contribution in [0.5, 0.6) is 0 Å². The molecule has 1 amide bonds. The first-order valence-electron chi connectivity index (χ1n) is 6.30. The van der Waals surface area contributed by atoms with E-state index in [1.165, 1.54) is 0 Å². The molecule has 0 bridgehead atoms. The zero-order valence-electron chi connectivity index (χ0n) is 11.4. The maximum atomic E-state index is 12.1. The topological polar surface area (TPSA) is 59.8 Å². The molecule has 2 rings (SSSR count). The summed E-state index contributed by atoms with van der Waals surface area (Å²) in [6, 6.07) is 9.45. The molecule has 0 saturated carbocycles. The van der Waals surface area contributed by atoms with Crippen molar-refractivity contribution in [2.24, 2.45) is 5.92 Å². The summed E-state index contributed by atoms with van der Waals surface area (Å²) in [4.78, 5) is 12.1. The third-order valence-corrected chi connectivity index (χ3v) is 3.15. The third-order valence-electron chi connectivity index (χ3n) is 3.15. The predicted octanol–water partition coefficient (Wildman–Crippen LogP) is 2.17. The number of hydrogen-bond donors (Lipinski definition) is 1. The molecule has 0 aliphatic carbocycles. The van der Waals surface area contributed by atoms with E-state index in [1.807, 2.05) is 51.1 Å². The maximum absolute atomic E-state index is 12.1. The van der Waals surface area contributed by atoms with E-state index < -0.39 is 0 Å². The molecule has 2 aromatic rings. The Hall–Kier alpha value is -2.17. The van der Waals surface area contributed by atoms with Crippen LogP contribution < -0.4 is 5.32 Å². The Morgan fingerprint density at radius 2 is 2.00 bits per heavy atom. The number of amides is 1. The van der Waals surface area contributed by atoms with E-state index in [0.717, 1.165) is 17.1 Å². The predicted molar refractivity (Wildman–Crippen MR) is 73.7 cm³/mol. The largest absolute Gasteiger partial charge is 0.326 e. The van der Waals surface area contributed by atoms with Crippen LogP contribution in [0.2, 0.25) is 0 Å². The van der Waals surface area contributed by atoms with Crippen LogP contribution in [0.4, 0.5) is 5.69 Å². The molecule has 1 aromatic carbocycles. The van der Waals surface area contributed by atoms with Crippen LogP contribution in [0, 0.1) is 19.8 Å². The van der Waals surface area contributed by atoms with Crippen LogP contribution in [-0.2, 0) is 11.3 Å². The van der Waals surface area contributed by atoms with Crippen LogP contribution >= 0.6 is 0 Å². The number of nitrogens with zero attached hydrogens (tertiary/aromatic N) is 3. The lowest BCUT2D eigenvalue weighted by Crippen LogP contribution is -2.25. The number of rotatable bonds is 4. The normalized spacial score (nSPS) is 12.2. The Morgan fingerprint density at radius 1 is 1.32 bits per heavy atom. The second-order valence-electron chi connectivity index (χ2n) is 4.70. The van der Waals surface area contributed by atoms with E-state index in [1.54, 1.807) is 4.68 Å². The van der Waals surface area contributed by atoms with Crippen molar-refractivity contribution in [2.45, 2.75) is 27.3 Å². The van der Waals surface area contributed by atoms with Gasteiger partial charge in [-0.15, -0.1) is 5.10 Å². The first kappa shape index (κ1) is 13.3. The molecule has 100 valence electrons. The highest BCUT2D eigenvalue weighted by atomic mass is 16.1. The van der Waals surface area contributed by atoms with Gasteiger partial charge in [-0.05, 0) is 26.0 Å². The fraction of sp³-hybridized carbons (Fsp3) is 0.357. The smallest absolute Gasteiger partial charge is 0.229 e. The molecule has 1 heterocycles. The molecule has 19 heavy (non-hydrogen) atoms. The number of nitrogens with one attached hydrogen (secondary N) is 1. The lowest BCUT2D eigenvalue weighted by molar-refractivity contribution is -0.119. The quantitative estimate of drug-likeness (QED) is 0.914. The number of carbonyl (C=O) groups excluding carboxylic acids is 1. The molecule has 0 fully saturated rings. The molecule has 1 aromatic heterocycles. The SMILES string of the molecule is Cc1nnn(C[C@@H](C)C(=O)Nc2ccccc2)c1C. The summed E-state index contributed by atoms with van der Waals surface area (Å²) in [7, 11) is 0. The van der Waals surface area contributed by atoms with Crippen LogP contribution in [0.3, 0.4) is 0 Å². The molecule has 1 N–H and O–H groups in total. The van der Waals surface area contributed by atoms with Gasteiger partial charge in [0, 0.05) is 5.69 Å². The Balaban J connectivity index is 1.98. The van der Waals surface area contributed by atoms with Gasteiger partial charge in [-0.3, -0.25) is 4.79 Å². The van der Waals surface area contributed by atoms with Crippen LogP contribution in [0.1, 0.15) is 18.3 Å². The Morgan fingerprint density at radius 3 is 2.58 bits per heavy atom. The summed E-state index contributed by atoms with van der Waals surface area (Å²) in [6.07, 6.45) is 0. The minimum absolute atomic E-state index is 0.0150. The molecular formula is C14H18N4O. The molecule has 0 unspecified atom stereocenters. The van der Waals surface area contributed by atoms with Gasteiger partial charge in [0.2, 0.25) is 5.91 Å². The van der Waals surface area contributed by atoms with Crippen molar-refractivity contribution >= 4 is 11.6 Å². The van der Waals surface area contributed by atoms with Crippen molar-refractivity contribution in [3.8, 4) is 0 Å². The average molecular weight is 258 g/mol. The fourth-order valence-electron chi connectivity index (χ4n) is 1.75. The number of hydrogen-bond acceptors (Lipinski definition) is 3. The highest BCUT2D eigenvalue weighted by Crippen LogP contribution is 2.10. The molecule has 1 atom stereocenters. The molecule has 0 aliphatic heterocycles. The van der Waals surface area contributed by atoms with Gasteiger partial charge in [0.1, 0.15) is 0 Å². The van der Waals surface area contributed by atoms with Crippen molar-refractivity contribution in [2.75, 3.05) is 5.32 Å². The maximum Gasteiger partial charge on any atom is 0.229 e. The number of anilines is 1. The summed E-state index contributed by atoms with van der Waals surface area (Å²) in [5.41, 5.74) is 2.71. The minimum atomic E-state index is -0.167. The average Bonchev–Trinajstić information content (AvgIpc) is 2.72. The van der Waals surface area contributed by atoms with Crippen molar-refractivity contribution in [3.05, 3.63) is 41.7 Å². The molecule has 0 spiro atoms. The van der Waals surface area contributed by atoms with Gasteiger partial charge >= 0.3 is 0 Å². The van der Waals surface area contributed by atoms with Crippen molar-refractivity contribution < 1.29 is 4.79 Å².